The van der Waals surface area contributed by atoms with E-state index in [1.807, 2.05) is 6.26 Å². The second-order valence-electron chi connectivity index (χ2n) is 4.49. The van der Waals surface area contributed by atoms with Crippen LogP contribution < -0.4 is 5.32 Å². The normalized spacial score (nSPS) is 12.0. The molecule has 1 amide bonds. The van der Waals surface area contributed by atoms with Crippen LogP contribution in [0.2, 0.25) is 0 Å². The van der Waals surface area contributed by atoms with Gasteiger partial charge in [0.1, 0.15) is 6.04 Å². The molecule has 1 aromatic rings. The Morgan fingerprint density at radius 2 is 2.05 bits per heavy atom. The number of carbonyl (C=O) groups is 2. The lowest BCUT2D eigenvalue weighted by atomic mass is 10.1. The lowest BCUT2D eigenvalue weighted by Gasteiger charge is -2.13. The van der Waals surface area contributed by atoms with Gasteiger partial charge >= 0.3 is 5.97 Å². The monoisotopic (exact) mass is 317 g/mol. The SMILES string of the molecule is CSCCC(NC(=O)CCc1ccc(F)c(F)c1)C(=O)O. The third kappa shape index (κ3) is 6.12. The quantitative estimate of drug-likeness (QED) is 0.771. The molecule has 21 heavy (non-hydrogen) atoms. The first kappa shape index (κ1) is 17.4. The van der Waals surface area contributed by atoms with E-state index in [1.54, 1.807) is 0 Å². The molecule has 1 rings (SSSR count). The standard InChI is InChI=1S/C14H17F2NO3S/c1-21-7-6-12(14(19)20)17-13(18)5-3-9-2-4-10(15)11(16)8-9/h2,4,8,12H,3,5-7H2,1H3,(H,17,18)(H,19,20). The number of hydrogen-bond acceptors (Lipinski definition) is 3. The Hall–Kier alpha value is -1.63. The molecule has 0 bridgehead atoms. The van der Waals surface area contributed by atoms with Crippen LogP contribution in [0.15, 0.2) is 18.2 Å². The number of thioether (sulfide) groups is 1. The summed E-state index contributed by atoms with van der Waals surface area (Å²) in [6, 6.07) is 2.51. The van der Waals surface area contributed by atoms with Crippen molar-refractivity contribution in [2.24, 2.45) is 0 Å². The van der Waals surface area contributed by atoms with Crippen molar-refractivity contribution < 1.29 is 23.5 Å². The van der Waals surface area contributed by atoms with Gasteiger partial charge in [-0.3, -0.25) is 4.79 Å². The average Bonchev–Trinajstić information content (AvgIpc) is 2.44. The van der Waals surface area contributed by atoms with Crippen LogP contribution in [0.3, 0.4) is 0 Å². The molecule has 0 aliphatic rings. The maximum Gasteiger partial charge on any atom is 0.326 e. The summed E-state index contributed by atoms with van der Waals surface area (Å²) in [6.07, 6.45) is 2.43. The molecular weight excluding hydrogens is 300 g/mol. The molecular formula is C14H17F2NO3S. The third-order valence-electron chi connectivity index (χ3n) is 2.87. The Kier molecular flexibility index (Phi) is 7.14. The number of nitrogens with one attached hydrogen (secondary N) is 1. The molecule has 116 valence electrons. The van der Waals surface area contributed by atoms with Gasteiger partial charge in [-0.25, -0.2) is 13.6 Å². The fourth-order valence-electron chi connectivity index (χ4n) is 1.71. The number of aryl methyl sites for hydroxylation is 1. The Morgan fingerprint density at radius 3 is 2.62 bits per heavy atom. The fraction of sp³-hybridized carbons (Fsp3) is 0.429. The highest BCUT2D eigenvalue weighted by molar-refractivity contribution is 7.98. The van der Waals surface area contributed by atoms with Crippen LogP contribution in [0.5, 0.6) is 0 Å². The predicted octanol–water partition coefficient (Wildman–Crippen LogP) is 2.22. The zero-order chi connectivity index (χ0) is 15.8. The van der Waals surface area contributed by atoms with Crippen molar-refractivity contribution in [1.82, 2.24) is 5.32 Å². The van der Waals surface area contributed by atoms with Crippen molar-refractivity contribution in [3.8, 4) is 0 Å². The number of amides is 1. The number of hydrogen-bond donors (Lipinski definition) is 2. The van der Waals surface area contributed by atoms with E-state index < -0.39 is 29.6 Å². The minimum absolute atomic E-state index is 0.0219. The molecule has 0 aliphatic carbocycles. The molecule has 0 fully saturated rings. The number of halogens is 2. The molecule has 2 N–H and O–H groups in total. The molecule has 0 heterocycles. The summed E-state index contributed by atoms with van der Waals surface area (Å²) >= 11 is 1.50. The van der Waals surface area contributed by atoms with Gasteiger partial charge in [0.25, 0.3) is 0 Å². The largest absolute Gasteiger partial charge is 0.480 e. The van der Waals surface area contributed by atoms with Crippen molar-refractivity contribution in [3.63, 3.8) is 0 Å². The number of benzene rings is 1. The van der Waals surface area contributed by atoms with Crippen molar-refractivity contribution >= 4 is 23.6 Å². The third-order valence-corrected chi connectivity index (χ3v) is 3.51. The van der Waals surface area contributed by atoms with Gasteiger partial charge in [-0.05, 0) is 42.5 Å². The van der Waals surface area contributed by atoms with Gasteiger partial charge in [0.05, 0.1) is 0 Å². The average molecular weight is 317 g/mol. The summed E-state index contributed by atoms with van der Waals surface area (Å²) in [5, 5.41) is 11.4. The first-order valence-electron chi connectivity index (χ1n) is 6.39. The van der Waals surface area contributed by atoms with E-state index in [0.29, 0.717) is 17.7 Å². The highest BCUT2D eigenvalue weighted by Gasteiger charge is 2.19. The number of carboxylic acids is 1. The van der Waals surface area contributed by atoms with Crippen molar-refractivity contribution in [1.29, 1.82) is 0 Å². The summed E-state index contributed by atoms with van der Waals surface area (Å²) in [7, 11) is 0. The maximum atomic E-state index is 13.0. The first-order valence-corrected chi connectivity index (χ1v) is 7.78. The van der Waals surface area contributed by atoms with Gasteiger partial charge in [-0.15, -0.1) is 0 Å². The lowest BCUT2D eigenvalue weighted by molar-refractivity contribution is -0.141. The molecule has 0 aliphatic heterocycles. The highest BCUT2D eigenvalue weighted by Crippen LogP contribution is 2.10. The van der Waals surface area contributed by atoms with Crippen LogP contribution in [0.25, 0.3) is 0 Å². The van der Waals surface area contributed by atoms with Gasteiger partial charge in [0.15, 0.2) is 11.6 Å². The zero-order valence-electron chi connectivity index (χ0n) is 11.6. The van der Waals surface area contributed by atoms with E-state index in [4.69, 9.17) is 5.11 Å². The zero-order valence-corrected chi connectivity index (χ0v) is 12.4. The van der Waals surface area contributed by atoms with Crippen molar-refractivity contribution in [2.45, 2.75) is 25.3 Å². The predicted molar refractivity (Wildman–Crippen MR) is 77.2 cm³/mol. The van der Waals surface area contributed by atoms with E-state index in [-0.39, 0.29) is 12.8 Å². The van der Waals surface area contributed by atoms with Gasteiger partial charge in [-0.1, -0.05) is 6.07 Å². The Balaban J connectivity index is 2.48. The first-order chi connectivity index (χ1) is 9.93. The summed E-state index contributed by atoms with van der Waals surface area (Å²) in [5.74, 6) is -2.78. The number of aliphatic carboxylic acids is 1. The van der Waals surface area contributed by atoms with Crippen LogP contribution in [0.4, 0.5) is 8.78 Å². The molecule has 1 aromatic carbocycles. The van der Waals surface area contributed by atoms with Crippen LogP contribution in [0.1, 0.15) is 18.4 Å². The van der Waals surface area contributed by atoms with Crippen LogP contribution >= 0.6 is 11.8 Å². The highest BCUT2D eigenvalue weighted by atomic mass is 32.2. The Labute approximate surface area is 125 Å². The molecule has 0 saturated heterocycles. The molecule has 0 aromatic heterocycles. The molecule has 7 heteroatoms. The minimum Gasteiger partial charge on any atom is -0.480 e. The van der Waals surface area contributed by atoms with Crippen LogP contribution in [-0.2, 0) is 16.0 Å². The lowest BCUT2D eigenvalue weighted by Crippen LogP contribution is -2.41. The maximum absolute atomic E-state index is 13.0. The molecule has 4 nitrogen and oxygen atoms in total. The van der Waals surface area contributed by atoms with Gasteiger partial charge in [-0.2, -0.15) is 11.8 Å². The van der Waals surface area contributed by atoms with E-state index in [0.717, 1.165) is 12.1 Å². The van der Waals surface area contributed by atoms with Crippen molar-refractivity contribution in [3.05, 3.63) is 35.4 Å². The van der Waals surface area contributed by atoms with Crippen LogP contribution in [0, 0.1) is 11.6 Å². The minimum atomic E-state index is -1.08. The van der Waals surface area contributed by atoms with E-state index in [1.165, 1.54) is 17.8 Å². The van der Waals surface area contributed by atoms with E-state index >= 15 is 0 Å². The smallest absolute Gasteiger partial charge is 0.326 e. The van der Waals surface area contributed by atoms with Crippen molar-refractivity contribution in [2.75, 3.05) is 12.0 Å². The number of carbonyl (C=O) groups excluding carboxylic acids is 1. The van der Waals surface area contributed by atoms with Gasteiger partial charge < -0.3 is 10.4 Å². The summed E-state index contributed by atoms with van der Waals surface area (Å²) < 4.78 is 25.8. The fourth-order valence-corrected chi connectivity index (χ4v) is 2.18. The molecule has 0 saturated carbocycles. The second kappa shape index (κ2) is 8.61. The van der Waals surface area contributed by atoms with Crippen LogP contribution in [-0.4, -0.2) is 35.0 Å². The summed E-state index contributed by atoms with van der Waals surface area (Å²) in [6.45, 7) is 0. The number of carboxylic acid groups (broad SMARTS) is 1. The van der Waals surface area contributed by atoms with Gasteiger partial charge in [0.2, 0.25) is 5.91 Å². The summed E-state index contributed by atoms with van der Waals surface area (Å²) in [5.41, 5.74) is 0.486. The molecule has 1 unspecified atom stereocenters. The molecule has 0 spiro atoms. The summed E-state index contributed by atoms with van der Waals surface area (Å²) in [4.78, 5) is 22.7. The van der Waals surface area contributed by atoms with E-state index in [2.05, 4.69) is 5.32 Å². The topological polar surface area (TPSA) is 66.4 Å². The Morgan fingerprint density at radius 1 is 1.33 bits per heavy atom. The molecule has 0 radical (unpaired) electrons. The molecule has 1 atom stereocenters. The second-order valence-corrected chi connectivity index (χ2v) is 5.47. The Bertz CT molecular complexity index is 511. The van der Waals surface area contributed by atoms with E-state index in [9.17, 15) is 18.4 Å². The van der Waals surface area contributed by atoms with Gasteiger partial charge in [0, 0.05) is 6.42 Å². The number of rotatable bonds is 8.